The van der Waals surface area contributed by atoms with Gasteiger partial charge in [0.2, 0.25) is 17.7 Å². The van der Waals surface area contributed by atoms with Crippen molar-refractivity contribution in [1.82, 2.24) is 9.88 Å². The maximum absolute atomic E-state index is 12.6. The van der Waals surface area contributed by atoms with Crippen LogP contribution in [0.2, 0.25) is 0 Å². The van der Waals surface area contributed by atoms with Gasteiger partial charge in [0, 0.05) is 50.2 Å². The minimum absolute atomic E-state index is 0.00125. The highest BCUT2D eigenvalue weighted by Crippen LogP contribution is 2.28. The summed E-state index contributed by atoms with van der Waals surface area (Å²) in [4.78, 5) is 30.7. The Bertz CT molecular complexity index is 1270. The zero-order valence-electron chi connectivity index (χ0n) is 22.9. The first-order chi connectivity index (χ1) is 18.9. The van der Waals surface area contributed by atoms with Crippen LogP contribution in [0.4, 0.5) is 5.69 Å². The number of carbonyl (C=O) groups is 2. The van der Waals surface area contributed by atoms with Crippen molar-refractivity contribution in [3.63, 3.8) is 0 Å². The van der Waals surface area contributed by atoms with E-state index in [9.17, 15) is 9.59 Å². The fourth-order valence-electron chi connectivity index (χ4n) is 4.82. The van der Waals surface area contributed by atoms with Gasteiger partial charge in [0.15, 0.2) is 11.5 Å². The molecule has 1 saturated heterocycles. The topological polar surface area (TPSA) is 90.0 Å². The highest BCUT2D eigenvalue weighted by Gasteiger charge is 2.21. The number of benzene rings is 2. The Labute approximate surface area is 230 Å². The molecule has 0 saturated carbocycles. The molecule has 1 aliphatic rings. The van der Waals surface area contributed by atoms with Gasteiger partial charge in [-0.1, -0.05) is 24.3 Å². The standard InChI is InChI=1S/C31H37N3O5/c1-22(35)34-17-14-23(15-18-34)11-13-30(36)32-26-7-4-6-25(21-26)27-8-5-9-31(33-27)39-19-16-24-10-12-28(37-2)29(20-24)38-3/h4-10,12,20-21,23H,11,13-19H2,1-3H3,(H,32,36). The van der Waals surface area contributed by atoms with Crippen LogP contribution in [0.5, 0.6) is 17.4 Å². The zero-order chi connectivity index (χ0) is 27.6. The molecule has 0 spiro atoms. The van der Waals surface area contributed by atoms with E-state index in [0.717, 1.165) is 54.9 Å². The highest BCUT2D eigenvalue weighted by atomic mass is 16.5. The van der Waals surface area contributed by atoms with Crippen LogP contribution in [0.1, 0.15) is 38.2 Å². The molecule has 1 aliphatic heterocycles. The molecule has 0 aliphatic carbocycles. The van der Waals surface area contributed by atoms with E-state index in [1.807, 2.05) is 65.6 Å². The summed E-state index contributed by atoms with van der Waals surface area (Å²) in [6, 6.07) is 19.2. The lowest BCUT2D eigenvalue weighted by Crippen LogP contribution is -2.37. The lowest BCUT2D eigenvalue weighted by atomic mass is 9.92. The fourth-order valence-corrected chi connectivity index (χ4v) is 4.82. The monoisotopic (exact) mass is 531 g/mol. The molecule has 8 nitrogen and oxygen atoms in total. The number of amides is 2. The quantitative estimate of drug-likeness (QED) is 0.358. The third-order valence-electron chi connectivity index (χ3n) is 7.09. The Hall–Kier alpha value is -4.07. The molecule has 0 unspecified atom stereocenters. The van der Waals surface area contributed by atoms with Crippen molar-refractivity contribution >= 4 is 17.5 Å². The van der Waals surface area contributed by atoms with Crippen molar-refractivity contribution in [2.75, 3.05) is 39.2 Å². The third-order valence-corrected chi connectivity index (χ3v) is 7.09. The smallest absolute Gasteiger partial charge is 0.224 e. The number of nitrogens with zero attached hydrogens (tertiary/aromatic N) is 2. The SMILES string of the molecule is COc1ccc(CCOc2cccc(-c3cccc(NC(=O)CCC4CCN(C(C)=O)CC4)c3)n2)cc1OC. The van der Waals surface area contributed by atoms with Crippen LogP contribution >= 0.6 is 0 Å². The molecule has 0 atom stereocenters. The van der Waals surface area contributed by atoms with Gasteiger partial charge < -0.3 is 24.4 Å². The molecule has 2 aromatic carbocycles. The second kappa shape index (κ2) is 13.6. The molecule has 4 rings (SSSR count). The molecule has 206 valence electrons. The molecule has 39 heavy (non-hydrogen) atoms. The third kappa shape index (κ3) is 7.96. The number of likely N-dealkylation sites (tertiary alicyclic amines) is 1. The maximum atomic E-state index is 12.6. The number of pyridine rings is 1. The molecule has 0 bridgehead atoms. The van der Waals surface area contributed by atoms with Crippen LogP contribution in [0.15, 0.2) is 60.7 Å². The Morgan fingerprint density at radius 2 is 1.74 bits per heavy atom. The molecular formula is C31H37N3O5. The van der Waals surface area contributed by atoms with Gasteiger partial charge in [-0.3, -0.25) is 9.59 Å². The molecule has 1 fully saturated rings. The van der Waals surface area contributed by atoms with Gasteiger partial charge in [-0.25, -0.2) is 4.98 Å². The molecule has 2 heterocycles. The Kier molecular flexibility index (Phi) is 9.78. The summed E-state index contributed by atoms with van der Waals surface area (Å²) in [5.41, 5.74) is 3.49. The van der Waals surface area contributed by atoms with E-state index < -0.39 is 0 Å². The van der Waals surface area contributed by atoms with Crippen LogP contribution in [0.3, 0.4) is 0 Å². The predicted molar refractivity (Wildman–Crippen MR) is 151 cm³/mol. The van der Waals surface area contributed by atoms with Crippen LogP contribution < -0.4 is 19.5 Å². The van der Waals surface area contributed by atoms with Gasteiger partial charge in [0.05, 0.1) is 26.5 Å². The second-order valence-electron chi connectivity index (χ2n) is 9.77. The van der Waals surface area contributed by atoms with E-state index in [1.165, 1.54) is 0 Å². The first-order valence-electron chi connectivity index (χ1n) is 13.4. The molecular weight excluding hydrogens is 494 g/mol. The summed E-state index contributed by atoms with van der Waals surface area (Å²) in [5.74, 6) is 2.54. The average molecular weight is 532 g/mol. The summed E-state index contributed by atoms with van der Waals surface area (Å²) in [5, 5.41) is 3.02. The van der Waals surface area contributed by atoms with E-state index in [2.05, 4.69) is 10.3 Å². The number of ether oxygens (including phenoxy) is 3. The Morgan fingerprint density at radius 1 is 0.974 bits per heavy atom. The number of rotatable bonds is 11. The van der Waals surface area contributed by atoms with Gasteiger partial charge in [-0.15, -0.1) is 0 Å². The average Bonchev–Trinajstić information content (AvgIpc) is 2.96. The summed E-state index contributed by atoms with van der Waals surface area (Å²) in [6.07, 6.45) is 3.92. The second-order valence-corrected chi connectivity index (χ2v) is 9.77. The number of nitrogens with one attached hydrogen (secondary N) is 1. The number of methoxy groups -OCH3 is 2. The molecule has 1 N–H and O–H groups in total. The van der Waals surface area contributed by atoms with Crippen molar-refractivity contribution in [3.8, 4) is 28.6 Å². The molecule has 2 amide bonds. The van der Waals surface area contributed by atoms with Crippen molar-refractivity contribution < 1.29 is 23.8 Å². The van der Waals surface area contributed by atoms with Gasteiger partial charge in [-0.05, 0) is 61.1 Å². The summed E-state index contributed by atoms with van der Waals surface area (Å²) < 4.78 is 16.6. The van der Waals surface area contributed by atoms with Gasteiger partial charge >= 0.3 is 0 Å². The molecule has 3 aromatic rings. The largest absolute Gasteiger partial charge is 0.493 e. The van der Waals surface area contributed by atoms with Crippen LogP contribution in [-0.2, 0) is 16.0 Å². The summed E-state index contributed by atoms with van der Waals surface area (Å²) in [7, 11) is 3.24. The number of hydrogen-bond donors (Lipinski definition) is 1. The fraction of sp³-hybridized carbons (Fsp3) is 0.387. The van der Waals surface area contributed by atoms with E-state index in [-0.39, 0.29) is 11.8 Å². The number of piperidine rings is 1. The maximum Gasteiger partial charge on any atom is 0.224 e. The van der Waals surface area contributed by atoms with Crippen LogP contribution in [0, 0.1) is 5.92 Å². The lowest BCUT2D eigenvalue weighted by Gasteiger charge is -2.31. The van der Waals surface area contributed by atoms with E-state index in [1.54, 1.807) is 21.1 Å². The minimum atomic E-state index is 0.00125. The minimum Gasteiger partial charge on any atom is -0.493 e. The number of anilines is 1. The van der Waals surface area contributed by atoms with E-state index in [0.29, 0.717) is 42.7 Å². The van der Waals surface area contributed by atoms with Gasteiger partial charge in [-0.2, -0.15) is 0 Å². The lowest BCUT2D eigenvalue weighted by molar-refractivity contribution is -0.130. The predicted octanol–water partition coefficient (Wildman–Crippen LogP) is 5.36. The zero-order valence-corrected chi connectivity index (χ0v) is 22.9. The van der Waals surface area contributed by atoms with E-state index >= 15 is 0 Å². The normalized spacial score (nSPS) is 13.6. The number of aromatic nitrogens is 1. The molecule has 8 heteroatoms. The van der Waals surface area contributed by atoms with E-state index in [4.69, 9.17) is 14.2 Å². The van der Waals surface area contributed by atoms with Crippen LogP contribution in [-0.4, -0.2) is 55.6 Å². The molecule has 1 aromatic heterocycles. The van der Waals surface area contributed by atoms with Gasteiger partial charge in [0.1, 0.15) is 0 Å². The first kappa shape index (κ1) is 28.0. The Balaban J connectivity index is 1.28. The van der Waals surface area contributed by atoms with Crippen LogP contribution in [0.25, 0.3) is 11.3 Å². The number of hydrogen-bond acceptors (Lipinski definition) is 6. The first-order valence-corrected chi connectivity index (χ1v) is 13.4. The van der Waals surface area contributed by atoms with Crippen molar-refractivity contribution in [1.29, 1.82) is 0 Å². The van der Waals surface area contributed by atoms with Crippen molar-refractivity contribution in [3.05, 3.63) is 66.2 Å². The number of carbonyl (C=O) groups excluding carboxylic acids is 2. The summed E-state index contributed by atoms with van der Waals surface area (Å²) in [6.45, 7) is 3.66. The molecule has 0 radical (unpaired) electrons. The van der Waals surface area contributed by atoms with Crippen molar-refractivity contribution in [2.24, 2.45) is 5.92 Å². The van der Waals surface area contributed by atoms with Gasteiger partial charge in [0.25, 0.3) is 0 Å². The summed E-state index contributed by atoms with van der Waals surface area (Å²) >= 11 is 0. The van der Waals surface area contributed by atoms with Crippen molar-refractivity contribution in [2.45, 2.75) is 39.0 Å². The highest BCUT2D eigenvalue weighted by molar-refractivity contribution is 5.91. The Morgan fingerprint density at radius 3 is 2.49 bits per heavy atom.